The highest BCUT2D eigenvalue weighted by Crippen LogP contribution is 2.20. The summed E-state index contributed by atoms with van der Waals surface area (Å²) in [6.45, 7) is 6.41. The molecule has 1 atom stereocenters. The molecule has 0 aliphatic carbocycles. The van der Waals surface area contributed by atoms with E-state index in [2.05, 4.69) is 50.5 Å². The SMILES string of the molecule is Cc1cccc(C(NN)C(C)C)c1. The second-order valence-corrected chi connectivity index (χ2v) is 3.80. The Kier molecular flexibility index (Phi) is 3.46. The molecule has 1 rings (SSSR count). The third-order valence-electron chi connectivity index (χ3n) is 2.25. The van der Waals surface area contributed by atoms with E-state index in [4.69, 9.17) is 5.84 Å². The first-order chi connectivity index (χ1) is 6.15. The van der Waals surface area contributed by atoms with Crippen molar-refractivity contribution >= 4 is 0 Å². The Bertz CT molecular complexity index is 269. The zero-order valence-electron chi connectivity index (χ0n) is 8.54. The molecule has 72 valence electrons. The summed E-state index contributed by atoms with van der Waals surface area (Å²) in [6, 6.07) is 8.69. The zero-order chi connectivity index (χ0) is 9.84. The summed E-state index contributed by atoms with van der Waals surface area (Å²) in [7, 11) is 0. The molecule has 0 saturated carbocycles. The lowest BCUT2D eigenvalue weighted by atomic mass is 9.96. The van der Waals surface area contributed by atoms with Gasteiger partial charge in [0, 0.05) is 6.04 Å². The van der Waals surface area contributed by atoms with Crippen LogP contribution in [0.3, 0.4) is 0 Å². The van der Waals surface area contributed by atoms with Gasteiger partial charge in [0.2, 0.25) is 0 Å². The molecule has 0 amide bonds. The third-order valence-corrected chi connectivity index (χ3v) is 2.25. The predicted molar refractivity (Wildman–Crippen MR) is 56.1 cm³/mol. The number of hydrogen-bond donors (Lipinski definition) is 2. The van der Waals surface area contributed by atoms with Crippen molar-refractivity contribution in [2.45, 2.75) is 26.8 Å². The van der Waals surface area contributed by atoms with Crippen LogP contribution >= 0.6 is 0 Å². The first-order valence-electron chi connectivity index (χ1n) is 4.68. The van der Waals surface area contributed by atoms with Crippen LogP contribution in [0.15, 0.2) is 24.3 Å². The quantitative estimate of drug-likeness (QED) is 0.550. The maximum Gasteiger partial charge on any atom is 0.0482 e. The summed E-state index contributed by atoms with van der Waals surface area (Å²) < 4.78 is 0. The van der Waals surface area contributed by atoms with E-state index in [1.807, 2.05) is 0 Å². The normalized spacial score (nSPS) is 13.3. The number of nitrogens with one attached hydrogen (secondary N) is 1. The van der Waals surface area contributed by atoms with Gasteiger partial charge in [-0.3, -0.25) is 11.3 Å². The van der Waals surface area contributed by atoms with Crippen LogP contribution in [-0.4, -0.2) is 0 Å². The average molecular weight is 178 g/mol. The van der Waals surface area contributed by atoms with Gasteiger partial charge in [-0.05, 0) is 18.4 Å². The molecule has 0 fully saturated rings. The molecule has 0 saturated heterocycles. The highest BCUT2D eigenvalue weighted by Gasteiger charge is 2.12. The Morgan fingerprint density at radius 3 is 2.46 bits per heavy atom. The number of nitrogens with two attached hydrogens (primary N) is 1. The van der Waals surface area contributed by atoms with Crippen molar-refractivity contribution in [3.63, 3.8) is 0 Å². The molecule has 3 N–H and O–H groups in total. The lowest BCUT2D eigenvalue weighted by Crippen LogP contribution is -2.31. The smallest absolute Gasteiger partial charge is 0.0482 e. The zero-order valence-corrected chi connectivity index (χ0v) is 8.54. The van der Waals surface area contributed by atoms with E-state index in [0.29, 0.717) is 5.92 Å². The Morgan fingerprint density at radius 1 is 1.31 bits per heavy atom. The number of hydrogen-bond acceptors (Lipinski definition) is 2. The number of benzene rings is 1. The summed E-state index contributed by atoms with van der Waals surface area (Å²) >= 11 is 0. The standard InChI is InChI=1S/C11H18N2/c1-8(2)11(13-12)10-6-4-5-9(3)7-10/h4-8,11,13H,12H2,1-3H3. The Labute approximate surface area is 80.1 Å². The van der Waals surface area contributed by atoms with Crippen LogP contribution < -0.4 is 11.3 Å². The number of aryl methyl sites for hydroxylation is 1. The molecule has 0 spiro atoms. The van der Waals surface area contributed by atoms with Crippen LogP contribution in [0.1, 0.15) is 31.0 Å². The van der Waals surface area contributed by atoms with Crippen LogP contribution in [0, 0.1) is 12.8 Å². The minimum absolute atomic E-state index is 0.250. The van der Waals surface area contributed by atoms with Gasteiger partial charge >= 0.3 is 0 Å². The molecule has 0 radical (unpaired) electrons. The minimum Gasteiger partial charge on any atom is -0.271 e. The lowest BCUT2D eigenvalue weighted by molar-refractivity contribution is 0.421. The molecule has 13 heavy (non-hydrogen) atoms. The molecule has 2 heteroatoms. The first kappa shape index (κ1) is 10.2. The predicted octanol–water partition coefficient (Wildman–Crippen LogP) is 2.16. The maximum absolute atomic E-state index is 5.51. The molecular formula is C11H18N2. The third kappa shape index (κ3) is 2.54. The highest BCUT2D eigenvalue weighted by atomic mass is 15.2. The number of hydrazine groups is 1. The van der Waals surface area contributed by atoms with Crippen molar-refractivity contribution in [1.29, 1.82) is 0 Å². The van der Waals surface area contributed by atoms with Crippen molar-refractivity contribution in [2.75, 3.05) is 0 Å². The van der Waals surface area contributed by atoms with Gasteiger partial charge in [0.25, 0.3) is 0 Å². The fourth-order valence-corrected chi connectivity index (χ4v) is 1.54. The van der Waals surface area contributed by atoms with Gasteiger partial charge in [0.1, 0.15) is 0 Å². The van der Waals surface area contributed by atoms with Gasteiger partial charge in [0.15, 0.2) is 0 Å². The topological polar surface area (TPSA) is 38.0 Å². The molecule has 0 aliphatic heterocycles. The van der Waals surface area contributed by atoms with E-state index in [1.54, 1.807) is 0 Å². The first-order valence-corrected chi connectivity index (χ1v) is 4.68. The van der Waals surface area contributed by atoms with Gasteiger partial charge in [0.05, 0.1) is 0 Å². The molecule has 0 aromatic heterocycles. The lowest BCUT2D eigenvalue weighted by Gasteiger charge is -2.20. The second-order valence-electron chi connectivity index (χ2n) is 3.80. The maximum atomic E-state index is 5.51. The monoisotopic (exact) mass is 178 g/mol. The average Bonchev–Trinajstić information content (AvgIpc) is 2.04. The van der Waals surface area contributed by atoms with Gasteiger partial charge in [-0.2, -0.15) is 0 Å². The van der Waals surface area contributed by atoms with Crippen molar-refractivity contribution in [2.24, 2.45) is 11.8 Å². The summed E-state index contributed by atoms with van der Waals surface area (Å²) in [5, 5.41) is 0. The van der Waals surface area contributed by atoms with E-state index in [0.717, 1.165) is 0 Å². The van der Waals surface area contributed by atoms with Crippen LogP contribution in [0.4, 0.5) is 0 Å². The van der Waals surface area contributed by atoms with Crippen LogP contribution in [0.2, 0.25) is 0 Å². The van der Waals surface area contributed by atoms with Crippen molar-refractivity contribution in [3.8, 4) is 0 Å². The highest BCUT2D eigenvalue weighted by molar-refractivity contribution is 5.25. The molecule has 0 heterocycles. The molecular weight excluding hydrogens is 160 g/mol. The Morgan fingerprint density at radius 2 is 2.00 bits per heavy atom. The molecule has 0 aliphatic rings. The van der Waals surface area contributed by atoms with Crippen molar-refractivity contribution in [3.05, 3.63) is 35.4 Å². The van der Waals surface area contributed by atoms with E-state index in [1.165, 1.54) is 11.1 Å². The van der Waals surface area contributed by atoms with Crippen LogP contribution in [0.25, 0.3) is 0 Å². The van der Waals surface area contributed by atoms with Crippen LogP contribution in [0.5, 0.6) is 0 Å². The minimum atomic E-state index is 0.250. The van der Waals surface area contributed by atoms with E-state index in [-0.39, 0.29) is 6.04 Å². The molecule has 2 nitrogen and oxygen atoms in total. The largest absolute Gasteiger partial charge is 0.271 e. The van der Waals surface area contributed by atoms with E-state index < -0.39 is 0 Å². The van der Waals surface area contributed by atoms with Gasteiger partial charge in [-0.25, -0.2) is 0 Å². The van der Waals surface area contributed by atoms with Gasteiger partial charge in [-0.1, -0.05) is 43.7 Å². The number of rotatable bonds is 3. The van der Waals surface area contributed by atoms with E-state index >= 15 is 0 Å². The van der Waals surface area contributed by atoms with Crippen molar-refractivity contribution < 1.29 is 0 Å². The second kappa shape index (κ2) is 4.40. The summed E-state index contributed by atoms with van der Waals surface area (Å²) in [4.78, 5) is 0. The van der Waals surface area contributed by atoms with Gasteiger partial charge < -0.3 is 0 Å². The molecule has 0 bridgehead atoms. The van der Waals surface area contributed by atoms with Crippen LogP contribution in [-0.2, 0) is 0 Å². The fourth-order valence-electron chi connectivity index (χ4n) is 1.54. The fraction of sp³-hybridized carbons (Fsp3) is 0.455. The molecule has 1 unspecified atom stereocenters. The van der Waals surface area contributed by atoms with Gasteiger partial charge in [-0.15, -0.1) is 0 Å². The summed E-state index contributed by atoms with van der Waals surface area (Å²) in [5.41, 5.74) is 5.38. The van der Waals surface area contributed by atoms with E-state index in [9.17, 15) is 0 Å². The molecule has 1 aromatic rings. The Hall–Kier alpha value is -0.860. The van der Waals surface area contributed by atoms with Crippen molar-refractivity contribution in [1.82, 2.24) is 5.43 Å². The Balaban J connectivity index is 2.91. The summed E-state index contributed by atoms with van der Waals surface area (Å²) in [5.74, 6) is 6.01. The molecule has 1 aromatic carbocycles. The summed E-state index contributed by atoms with van der Waals surface area (Å²) in [6.07, 6.45) is 0.